The summed E-state index contributed by atoms with van der Waals surface area (Å²) in [6.07, 6.45) is 1.75. The van der Waals surface area contributed by atoms with Crippen LogP contribution in [0.2, 0.25) is 0 Å². The Morgan fingerprint density at radius 1 is 1.17 bits per heavy atom. The van der Waals surface area contributed by atoms with Crippen molar-refractivity contribution in [3.05, 3.63) is 36.5 Å². The monoisotopic (exact) mass is 157 g/mol. The van der Waals surface area contributed by atoms with Crippen LogP contribution in [0, 0.1) is 0 Å². The minimum Gasteiger partial charge on any atom is -0.449 e. The third-order valence-electron chi connectivity index (χ3n) is 1.91. The van der Waals surface area contributed by atoms with Gasteiger partial charge in [0.1, 0.15) is 0 Å². The minimum atomic E-state index is 0.0725. The second-order valence-electron chi connectivity index (χ2n) is 2.65. The number of benzene rings is 1. The Morgan fingerprint density at radius 2 is 2.08 bits per heavy atom. The van der Waals surface area contributed by atoms with Gasteiger partial charge >= 0.3 is 7.48 Å². The first kappa shape index (κ1) is 7.31. The van der Waals surface area contributed by atoms with Crippen LogP contribution in [-0.4, -0.2) is 17.5 Å². The van der Waals surface area contributed by atoms with E-state index in [4.69, 9.17) is 5.02 Å². The van der Waals surface area contributed by atoms with E-state index in [1.165, 1.54) is 0 Å². The zero-order chi connectivity index (χ0) is 8.39. The summed E-state index contributed by atoms with van der Waals surface area (Å²) in [7, 11) is 0.0725. The highest BCUT2D eigenvalue weighted by molar-refractivity contribution is 6.49. The summed E-state index contributed by atoms with van der Waals surface area (Å²) in [4.78, 5) is 4.18. The quantitative estimate of drug-likeness (QED) is 0.600. The van der Waals surface area contributed by atoms with Crippen molar-refractivity contribution in [2.75, 3.05) is 0 Å². The van der Waals surface area contributed by atoms with Gasteiger partial charge in [0, 0.05) is 6.20 Å². The topological polar surface area (TPSA) is 33.1 Å². The molecule has 2 aromatic rings. The van der Waals surface area contributed by atoms with Gasteiger partial charge in [0.05, 0.1) is 5.52 Å². The number of aromatic nitrogens is 1. The molecule has 0 aliphatic heterocycles. The van der Waals surface area contributed by atoms with Crippen molar-refractivity contribution < 1.29 is 5.02 Å². The predicted octanol–water partition coefficient (Wildman–Crippen LogP) is 0.204. The van der Waals surface area contributed by atoms with E-state index >= 15 is 0 Å². The van der Waals surface area contributed by atoms with E-state index in [0.717, 1.165) is 16.4 Å². The molecule has 12 heavy (non-hydrogen) atoms. The molecule has 0 atom stereocenters. The molecule has 0 saturated heterocycles. The van der Waals surface area contributed by atoms with Crippen molar-refractivity contribution >= 4 is 23.8 Å². The Morgan fingerprint density at radius 3 is 2.92 bits per heavy atom. The van der Waals surface area contributed by atoms with Gasteiger partial charge in [-0.15, -0.1) is 0 Å². The van der Waals surface area contributed by atoms with Gasteiger partial charge in [-0.3, -0.25) is 4.98 Å². The van der Waals surface area contributed by atoms with Crippen molar-refractivity contribution in [3.8, 4) is 0 Å². The van der Waals surface area contributed by atoms with Crippen LogP contribution < -0.4 is 5.46 Å². The summed E-state index contributed by atoms with van der Waals surface area (Å²) in [6.45, 7) is 0. The second kappa shape index (κ2) is 2.95. The maximum absolute atomic E-state index is 9.01. The molecule has 3 heteroatoms. The van der Waals surface area contributed by atoms with Gasteiger partial charge < -0.3 is 5.02 Å². The van der Waals surface area contributed by atoms with Crippen LogP contribution in [0.5, 0.6) is 0 Å². The number of hydrogen-bond donors (Lipinski definition) is 1. The van der Waals surface area contributed by atoms with Crippen molar-refractivity contribution in [2.24, 2.45) is 0 Å². The third kappa shape index (κ3) is 1.08. The lowest BCUT2D eigenvalue weighted by Gasteiger charge is -1.99. The highest BCUT2D eigenvalue weighted by Crippen LogP contribution is 2.06. The molecule has 0 unspecified atom stereocenters. The standard InChI is InChI=1S/C9H8BNO/c12-10-8-4-1-5-9-7(8)3-2-6-11-9/h1-6,10,12H. The van der Waals surface area contributed by atoms with Crippen LogP contribution in [0.25, 0.3) is 10.9 Å². The maximum Gasteiger partial charge on any atom is 0.305 e. The number of hydrogen-bond acceptors (Lipinski definition) is 2. The third-order valence-corrected chi connectivity index (χ3v) is 1.91. The fraction of sp³-hybridized carbons (Fsp3) is 0. The van der Waals surface area contributed by atoms with Crippen LogP contribution in [-0.2, 0) is 0 Å². The van der Waals surface area contributed by atoms with Crippen LogP contribution in [0.3, 0.4) is 0 Å². The van der Waals surface area contributed by atoms with Crippen molar-refractivity contribution in [2.45, 2.75) is 0 Å². The number of rotatable bonds is 1. The van der Waals surface area contributed by atoms with E-state index in [9.17, 15) is 0 Å². The average molecular weight is 157 g/mol. The summed E-state index contributed by atoms with van der Waals surface area (Å²) in [5.41, 5.74) is 1.87. The summed E-state index contributed by atoms with van der Waals surface area (Å²) in [5.74, 6) is 0. The molecule has 1 aromatic carbocycles. The van der Waals surface area contributed by atoms with Gasteiger partial charge in [-0.1, -0.05) is 18.2 Å². The fourth-order valence-corrected chi connectivity index (χ4v) is 1.30. The lowest BCUT2D eigenvalue weighted by molar-refractivity contribution is 0.616. The van der Waals surface area contributed by atoms with Gasteiger partial charge in [-0.2, -0.15) is 0 Å². The van der Waals surface area contributed by atoms with Gasteiger partial charge in [0.15, 0.2) is 0 Å². The Kier molecular flexibility index (Phi) is 1.80. The number of nitrogens with zero attached hydrogens (tertiary/aromatic N) is 1. The predicted molar refractivity (Wildman–Crippen MR) is 50.7 cm³/mol. The summed E-state index contributed by atoms with van der Waals surface area (Å²) >= 11 is 0. The molecule has 0 aliphatic rings. The van der Waals surface area contributed by atoms with E-state index in [2.05, 4.69) is 4.98 Å². The smallest absolute Gasteiger partial charge is 0.305 e. The molecular weight excluding hydrogens is 149 g/mol. The van der Waals surface area contributed by atoms with E-state index < -0.39 is 0 Å². The zero-order valence-corrected chi connectivity index (χ0v) is 6.57. The molecule has 1 heterocycles. The van der Waals surface area contributed by atoms with Crippen LogP contribution in [0.4, 0.5) is 0 Å². The molecule has 2 nitrogen and oxygen atoms in total. The van der Waals surface area contributed by atoms with Crippen LogP contribution in [0.15, 0.2) is 36.5 Å². The molecule has 0 amide bonds. The summed E-state index contributed by atoms with van der Waals surface area (Å²) in [5, 5.41) is 10.0. The Hall–Kier alpha value is -1.35. The first-order valence-electron chi connectivity index (χ1n) is 3.85. The molecule has 0 spiro atoms. The first-order valence-corrected chi connectivity index (χ1v) is 3.85. The summed E-state index contributed by atoms with van der Waals surface area (Å²) in [6, 6.07) is 9.59. The van der Waals surface area contributed by atoms with Gasteiger partial charge in [-0.05, 0) is 23.0 Å². The average Bonchev–Trinajstić information content (AvgIpc) is 2.17. The molecule has 0 radical (unpaired) electrons. The highest BCUT2D eigenvalue weighted by Gasteiger charge is 1.99. The molecule has 0 saturated carbocycles. The Balaban J connectivity index is 2.79. The van der Waals surface area contributed by atoms with Crippen molar-refractivity contribution in [1.82, 2.24) is 4.98 Å². The SMILES string of the molecule is OBc1cccc2ncccc12. The Bertz CT molecular complexity index is 397. The van der Waals surface area contributed by atoms with Crippen LogP contribution >= 0.6 is 0 Å². The largest absolute Gasteiger partial charge is 0.449 e. The normalized spacial score (nSPS) is 10.1. The fourth-order valence-electron chi connectivity index (χ4n) is 1.30. The lowest BCUT2D eigenvalue weighted by atomic mass is 9.85. The minimum absolute atomic E-state index is 0.0725. The highest BCUT2D eigenvalue weighted by atomic mass is 16.2. The van der Waals surface area contributed by atoms with E-state index in [0.29, 0.717) is 0 Å². The molecule has 58 valence electrons. The van der Waals surface area contributed by atoms with Crippen LogP contribution in [0.1, 0.15) is 0 Å². The molecule has 2 rings (SSSR count). The molecule has 0 fully saturated rings. The molecule has 0 aliphatic carbocycles. The summed E-state index contributed by atoms with van der Waals surface area (Å²) < 4.78 is 0. The number of pyridine rings is 1. The molecule has 1 N–H and O–H groups in total. The Labute approximate surface area is 71.1 Å². The van der Waals surface area contributed by atoms with Gasteiger partial charge in [0.2, 0.25) is 0 Å². The number of fused-ring (bicyclic) bond motifs is 1. The molecule has 0 bridgehead atoms. The maximum atomic E-state index is 9.01. The lowest BCUT2D eigenvalue weighted by Crippen LogP contribution is -2.14. The van der Waals surface area contributed by atoms with Gasteiger partial charge in [-0.25, -0.2) is 0 Å². The van der Waals surface area contributed by atoms with E-state index in [1.807, 2.05) is 30.3 Å². The second-order valence-corrected chi connectivity index (χ2v) is 2.65. The zero-order valence-electron chi connectivity index (χ0n) is 6.57. The first-order chi connectivity index (χ1) is 5.92. The van der Waals surface area contributed by atoms with E-state index in [-0.39, 0.29) is 7.48 Å². The van der Waals surface area contributed by atoms with Crippen molar-refractivity contribution in [1.29, 1.82) is 0 Å². The molecule has 1 aromatic heterocycles. The van der Waals surface area contributed by atoms with Crippen molar-refractivity contribution in [3.63, 3.8) is 0 Å². The van der Waals surface area contributed by atoms with Gasteiger partial charge in [0.25, 0.3) is 0 Å². The molecular formula is C9H8BNO. The van der Waals surface area contributed by atoms with E-state index in [1.54, 1.807) is 6.20 Å².